The Morgan fingerprint density at radius 3 is 1.77 bits per heavy atom. The van der Waals surface area contributed by atoms with Crippen LogP contribution in [-0.4, -0.2) is 74.1 Å². The number of hydrogen-bond acceptors (Lipinski definition) is 6. The van der Waals surface area contributed by atoms with Crippen LogP contribution in [0.2, 0.25) is 0 Å². The van der Waals surface area contributed by atoms with Gasteiger partial charge in [0, 0.05) is 6.42 Å². The minimum absolute atomic E-state index is 0.0552. The number of hydrogen-bond donors (Lipinski definition) is 2. The lowest BCUT2D eigenvalue weighted by molar-refractivity contribution is -0.870. The van der Waals surface area contributed by atoms with Gasteiger partial charge in [0.05, 0.1) is 27.7 Å². The molecular formula is C30H61NO7P+. The van der Waals surface area contributed by atoms with Gasteiger partial charge < -0.3 is 19.2 Å². The van der Waals surface area contributed by atoms with Crippen molar-refractivity contribution in [1.29, 1.82) is 0 Å². The molecule has 0 aromatic heterocycles. The summed E-state index contributed by atoms with van der Waals surface area (Å²) in [5.41, 5.74) is 0. The highest BCUT2D eigenvalue weighted by Gasteiger charge is 2.24. The molecule has 0 saturated carbocycles. The Balaban J connectivity index is 3.50. The summed E-state index contributed by atoms with van der Waals surface area (Å²) in [6, 6.07) is 0. The number of aliphatic hydroxyl groups is 1. The van der Waals surface area contributed by atoms with Gasteiger partial charge in [-0.15, -0.1) is 0 Å². The normalized spacial score (nSPS) is 14.5. The van der Waals surface area contributed by atoms with Crippen LogP contribution in [0.3, 0.4) is 0 Å². The lowest BCUT2D eigenvalue weighted by Crippen LogP contribution is -2.37. The van der Waals surface area contributed by atoms with Gasteiger partial charge in [-0.3, -0.25) is 13.8 Å². The zero-order valence-corrected chi connectivity index (χ0v) is 26.5. The maximum Gasteiger partial charge on any atom is 0.472 e. The lowest BCUT2D eigenvalue weighted by Gasteiger charge is -2.24. The van der Waals surface area contributed by atoms with Crippen molar-refractivity contribution >= 4 is 13.8 Å². The number of allylic oxidation sites excluding steroid dienone is 2. The third-order valence-electron chi connectivity index (χ3n) is 6.53. The summed E-state index contributed by atoms with van der Waals surface area (Å²) in [5.74, 6) is -0.374. The molecule has 0 rings (SSSR count). The molecule has 2 N–H and O–H groups in total. The van der Waals surface area contributed by atoms with Gasteiger partial charge in [-0.05, 0) is 32.1 Å². The highest BCUT2D eigenvalue weighted by atomic mass is 31.2. The molecular weight excluding hydrogens is 517 g/mol. The quantitative estimate of drug-likeness (QED) is 0.0329. The molecule has 0 bridgehead atoms. The van der Waals surface area contributed by atoms with Crippen LogP contribution in [0, 0.1) is 0 Å². The van der Waals surface area contributed by atoms with E-state index in [9.17, 15) is 19.4 Å². The standard InChI is InChI=1S/C30H60NO7P/c1-5-6-7-8-9-10-11-12-13-14-15-16-17-18-19-20-21-22-23-24-30(33)36-27-29(32)28-38-39(34,35)37-26-25-31(2,3)4/h12-13,29,32H,5-11,14-28H2,1-4H3/p+1/b13-12-. The molecule has 0 aliphatic rings. The van der Waals surface area contributed by atoms with Crippen molar-refractivity contribution in [1.82, 2.24) is 0 Å². The molecule has 0 saturated heterocycles. The first-order valence-electron chi connectivity index (χ1n) is 15.5. The number of ether oxygens (including phenoxy) is 1. The van der Waals surface area contributed by atoms with E-state index >= 15 is 0 Å². The number of phosphoric acid groups is 1. The number of esters is 1. The third-order valence-corrected chi connectivity index (χ3v) is 7.51. The fourth-order valence-electron chi connectivity index (χ4n) is 4.00. The molecule has 0 radical (unpaired) electrons. The minimum Gasteiger partial charge on any atom is -0.463 e. The summed E-state index contributed by atoms with van der Waals surface area (Å²) < 4.78 is 27.1. The first-order valence-corrected chi connectivity index (χ1v) is 17.0. The Morgan fingerprint density at radius 1 is 0.769 bits per heavy atom. The van der Waals surface area contributed by atoms with Gasteiger partial charge >= 0.3 is 13.8 Å². The predicted molar refractivity (Wildman–Crippen MR) is 160 cm³/mol. The molecule has 39 heavy (non-hydrogen) atoms. The molecule has 9 heteroatoms. The van der Waals surface area contributed by atoms with Crippen LogP contribution in [0.15, 0.2) is 12.2 Å². The van der Waals surface area contributed by atoms with Crippen molar-refractivity contribution < 1.29 is 37.6 Å². The SMILES string of the molecule is CCCCCCCC/C=C\CCCCCCCCCCCC(=O)OCC(O)COP(=O)(O)OCC[N+](C)(C)C. The van der Waals surface area contributed by atoms with E-state index in [1.165, 1.54) is 89.9 Å². The van der Waals surface area contributed by atoms with Crippen molar-refractivity contribution in [2.24, 2.45) is 0 Å². The maximum absolute atomic E-state index is 11.9. The fraction of sp³-hybridized carbons (Fsp3) is 0.900. The summed E-state index contributed by atoms with van der Waals surface area (Å²) in [6.45, 7) is 2.14. The van der Waals surface area contributed by atoms with E-state index in [0.29, 0.717) is 17.4 Å². The van der Waals surface area contributed by atoms with Gasteiger partial charge in [-0.2, -0.15) is 0 Å². The molecule has 0 heterocycles. The van der Waals surface area contributed by atoms with E-state index in [4.69, 9.17) is 13.8 Å². The molecule has 0 aliphatic carbocycles. The number of carbonyl (C=O) groups excluding carboxylic acids is 1. The number of rotatable bonds is 28. The first-order chi connectivity index (χ1) is 18.6. The highest BCUT2D eigenvalue weighted by molar-refractivity contribution is 7.47. The average molecular weight is 579 g/mol. The zero-order chi connectivity index (χ0) is 29.2. The molecule has 0 aliphatic heterocycles. The molecule has 8 nitrogen and oxygen atoms in total. The maximum atomic E-state index is 11.9. The molecule has 0 aromatic rings. The summed E-state index contributed by atoms with van der Waals surface area (Å²) in [7, 11) is 1.56. The molecule has 232 valence electrons. The van der Waals surface area contributed by atoms with Crippen LogP contribution >= 0.6 is 7.82 Å². The smallest absolute Gasteiger partial charge is 0.463 e. The number of nitrogens with zero attached hydrogens (tertiary/aromatic N) is 1. The molecule has 0 spiro atoms. The fourth-order valence-corrected chi connectivity index (χ4v) is 4.75. The van der Waals surface area contributed by atoms with Gasteiger partial charge in [-0.1, -0.05) is 96.1 Å². The number of likely N-dealkylation sites (N-methyl/N-ethyl adjacent to an activating group) is 1. The number of carbonyl (C=O) groups is 1. The summed E-state index contributed by atoms with van der Waals surface area (Å²) in [4.78, 5) is 21.5. The van der Waals surface area contributed by atoms with Gasteiger partial charge in [0.2, 0.25) is 0 Å². The van der Waals surface area contributed by atoms with Gasteiger partial charge in [0.25, 0.3) is 0 Å². The zero-order valence-electron chi connectivity index (χ0n) is 25.6. The summed E-state index contributed by atoms with van der Waals surface area (Å²) in [6.07, 6.45) is 25.0. The van der Waals surface area contributed by atoms with Crippen molar-refractivity contribution in [2.45, 2.75) is 129 Å². The van der Waals surface area contributed by atoms with Crippen molar-refractivity contribution in [3.63, 3.8) is 0 Å². The second kappa shape index (κ2) is 25.0. The summed E-state index contributed by atoms with van der Waals surface area (Å²) in [5, 5.41) is 9.85. The van der Waals surface area contributed by atoms with E-state index < -0.39 is 20.5 Å². The van der Waals surface area contributed by atoms with Gasteiger partial charge in [-0.25, -0.2) is 4.57 Å². The Morgan fingerprint density at radius 2 is 1.26 bits per heavy atom. The van der Waals surface area contributed by atoms with Gasteiger partial charge in [0.15, 0.2) is 0 Å². The van der Waals surface area contributed by atoms with Crippen LogP contribution in [0.25, 0.3) is 0 Å². The number of phosphoric ester groups is 1. The molecule has 2 atom stereocenters. The highest BCUT2D eigenvalue weighted by Crippen LogP contribution is 2.43. The second-order valence-corrected chi connectivity index (χ2v) is 13.2. The van der Waals surface area contributed by atoms with Crippen LogP contribution in [0.1, 0.15) is 122 Å². The van der Waals surface area contributed by atoms with E-state index in [-0.39, 0.29) is 19.2 Å². The lowest BCUT2D eigenvalue weighted by atomic mass is 10.1. The van der Waals surface area contributed by atoms with E-state index in [1.54, 1.807) is 0 Å². The largest absolute Gasteiger partial charge is 0.472 e. The summed E-state index contributed by atoms with van der Waals surface area (Å²) >= 11 is 0. The minimum atomic E-state index is -4.24. The van der Waals surface area contributed by atoms with Crippen molar-refractivity contribution in [2.75, 3.05) is 47.5 Å². The number of unbranched alkanes of at least 4 members (excludes halogenated alkanes) is 15. The Hall–Kier alpha value is -0.760. The van der Waals surface area contributed by atoms with E-state index in [0.717, 1.165) is 19.3 Å². The first kappa shape index (κ1) is 38.2. The molecule has 0 amide bonds. The Kier molecular flexibility index (Phi) is 24.5. The van der Waals surface area contributed by atoms with Gasteiger partial charge in [0.1, 0.15) is 25.9 Å². The topological polar surface area (TPSA) is 102 Å². The van der Waals surface area contributed by atoms with E-state index in [2.05, 4.69) is 19.1 Å². The van der Waals surface area contributed by atoms with Crippen LogP contribution in [0.5, 0.6) is 0 Å². The number of aliphatic hydroxyl groups excluding tert-OH is 1. The molecule has 0 aromatic carbocycles. The Labute approximate surface area is 239 Å². The third kappa shape index (κ3) is 30.0. The Bertz CT molecular complexity index is 652. The number of quaternary nitrogens is 1. The van der Waals surface area contributed by atoms with E-state index in [1.807, 2.05) is 21.1 Å². The van der Waals surface area contributed by atoms with Crippen LogP contribution in [-0.2, 0) is 23.1 Å². The monoisotopic (exact) mass is 578 g/mol. The van der Waals surface area contributed by atoms with Crippen LogP contribution < -0.4 is 0 Å². The molecule has 2 unspecified atom stereocenters. The van der Waals surface area contributed by atoms with Crippen LogP contribution in [0.4, 0.5) is 0 Å². The van der Waals surface area contributed by atoms with Crippen molar-refractivity contribution in [3.05, 3.63) is 12.2 Å². The molecule has 0 fully saturated rings. The average Bonchev–Trinajstić information content (AvgIpc) is 2.86. The second-order valence-electron chi connectivity index (χ2n) is 11.7. The van der Waals surface area contributed by atoms with Crippen molar-refractivity contribution in [3.8, 4) is 0 Å². The predicted octanol–water partition coefficient (Wildman–Crippen LogP) is 7.33.